The van der Waals surface area contributed by atoms with Gasteiger partial charge in [-0.3, -0.25) is 87.3 Å². The SMILES string of the molecule is CC(=O)[C@@H]1CCCCN1C.CC(=O)[C@@H]1CCCN1C.CC(=O)[C@@H]1CCN1C.CC(=O)[C@@H]1CSC(C)N1C.CC(=O)[C@@H]1CSC(C)N1C.CC(=O)[C@@H]1CSCN1C.CC(=O)[C@@H]1C[C@@H](O)CN1C.CC(=O)[C@H]1N(C)C(C)SC1(C)C.CC(=O)[C@H]1N(C)C(C)SC1(C)C. The third kappa shape index (κ3) is 27.8. The Morgan fingerprint density at radius 3 is 0.856 bits per heavy atom. The topological polar surface area (TPSA) is 203 Å². The number of likely N-dealkylation sites (tertiary alicyclic amines) is 4. The Labute approximate surface area is 566 Å². The number of carbonyl (C=O) groups is 9. The molecule has 0 aromatic heterocycles. The first-order chi connectivity index (χ1) is 41.4. The molecular weight excluding hydrogens is 1240 g/mol. The number of hydrogen-bond acceptors (Lipinski definition) is 24. The number of ketones is 9. The zero-order valence-electron chi connectivity index (χ0n) is 60.4. The van der Waals surface area contributed by atoms with Crippen LogP contribution in [-0.2, 0) is 43.2 Å². The number of aliphatic hydroxyl groups excluding tert-OH is 1. The van der Waals surface area contributed by atoms with Crippen molar-refractivity contribution in [1.29, 1.82) is 0 Å². The Morgan fingerprint density at radius 1 is 0.367 bits per heavy atom. The van der Waals surface area contributed by atoms with Crippen LogP contribution in [0.4, 0.5) is 0 Å². The fourth-order valence-corrected chi connectivity index (χ4v) is 20.0. The third-order valence-corrected chi connectivity index (χ3v) is 25.4. The Balaban J connectivity index is 0.000000507. The minimum Gasteiger partial charge on any atom is -0.392 e. The molecular formula is C66H123N9O10S5. The summed E-state index contributed by atoms with van der Waals surface area (Å²) in [4.78, 5) is 118. The maximum absolute atomic E-state index is 11.4. The Bertz CT molecular complexity index is 2170. The standard InChI is InChI=1S/2C9H17NOS.C8H15NO.C7H13NO2.2C7H13NOS.C7H13NO.C6H11NOS.C6H11NO/c2*1-6(11)8-9(3,4)12-7(2)10(8)5;1-7(10)8-5-3-4-6-9(8)2;1-5(9)7-3-6(10)4-8(7)2;2*1-5(9)7-4-10-6(2)8(7)3;1-6(9)7-4-3-5-8(7)2;1-5(8)6-3-9-4-7(6)2;1-5(8)6-3-4-7(6)2/h2*7-8H,1-5H3;8H,3-6H2,1-2H3;6-7,10H,3-4H2,1-2H3;2*6-7H,4H2,1-3H3;7H,3-5H2,1-2H3;6H,3-4H2,1-2H3;6H,3-4H2,1-2H3/t2*7?,8-;8-;6-,7+;2*6?,7-;7-;2*6-/m110100000/s1. The van der Waals surface area contributed by atoms with Crippen LogP contribution in [0.1, 0.15) is 163 Å². The van der Waals surface area contributed by atoms with Crippen LogP contribution in [0.2, 0.25) is 0 Å². The molecule has 24 heteroatoms. The lowest BCUT2D eigenvalue weighted by atomic mass is 9.99. The summed E-state index contributed by atoms with van der Waals surface area (Å²) in [5.74, 6) is 6.44. The van der Waals surface area contributed by atoms with Crippen LogP contribution in [0.25, 0.3) is 0 Å². The van der Waals surface area contributed by atoms with Crippen molar-refractivity contribution >= 4 is 111 Å². The summed E-state index contributed by atoms with van der Waals surface area (Å²) < 4.78 is 0.139. The number of likely N-dealkylation sites (N-methyl/N-ethyl adjacent to an activating group) is 9. The van der Waals surface area contributed by atoms with Crippen LogP contribution in [0.15, 0.2) is 0 Å². The molecule has 9 heterocycles. The van der Waals surface area contributed by atoms with Crippen LogP contribution in [0.3, 0.4) is 0 Å². The van der Waals surface area contributed by atoms with Crippen molar-refractivity contribution in [1.82, 2.24) is 44.1 Å². The zero-order chi connectivity index (χ0) is 69.6. The van der Waals surface area contributed by atoms with Gasteiger partial charge in [0.2, 0.25) is 0 Å². The second-order valence-corrected chi connectivity index (χ2v) is 34.7. The minimum absolute atomic E-state index is 0.0463. The van der Waals surface area contributed by atoms with Crippen LogP contribution >= 0.6 is 58.8 Å². The summed E-state index contributed by atoms with van der Waals surface area (Å²) >= 11 is 9.26. The number of rotatable bonds is 9. The van der Waals surface area contributed by atoms with E-state index in [0.29, 0.717) is 69.2 Å². The minimum atomic E-state index is -0.307. The average molecular weight is 1360 g/mol. The quantitative estimate of drug-likeness (QED) is 0.235. The van der Waals surface area contributed by atoms with Gasteiger partial charge in [0.25, 0.3) is 0 Å². The summed E-state index contributed by atoms with van der Waals surface area (Å²) in [5, 5.41) is 11.0. The first-order valence-electron chi connectivity index (χ1n) is 32.2. The van der Waals surface area contributed by atoms with E-state index in [0.717, 1.165) is 62.0 Å². The lowest BCUT2D eigenvalue weighted by Gasteiger charge is -2.35. The van der Waals surface area contributed by atoms with Crippen molar-refractivity contribution in [3.8, 4) is 0 Å². The highest BCUT2D eigenvalue weighted by molar-refractivity contribution is 8.02. The van der Waals surface area contributed by atoms with Crippen LogP contribution < -0.4 is 0 Å². The molecule has 14 atom stereocenters. The Kier molecular flexibility index (Phi) is 39.2. The van der Waals surface area contributed by atoms with E-state index in [1.54, 1.807) is 62.3 Å². The van der Waals surface area contributed by atoms with Crippen molar-refractivity contribution in [2.45, 2.75) is 254 Å². The van der Waals surface area contributed by atoms with Gasteiger partial charge >= 0.3 is 0 Å². The van der Waals surface area contributed by atoms with Gasteiger partial charge < -0.3 is 5.11 Å². The van der Waals surface area contributed by atoms with Gasteiger partial charge in [0, 0.05) is 45.7 Å². The number of Topliss-reactive ketones (excluding diaryl/α,β-unsaturated/α-hetero) is 9. The molecule has 90 heavy (non-hydrogen) atoms. The third-order valence-electron chi connectivity index (χ3n) is 18.6. The average Bonchev–Trinajstić information content (AvgIpc) is 1.82. The Hall–Kier alpha value is -1.62. The summed E-state index contributed by atoms with van der Waals surface area (Å²) in [6.45, 7) is 36.0. The second-order valence-electron chi connectivity index (χ2n) is 27.0. The van der Waals surface area contributed by atoms with Gasteiger partial charge in [0.05, 0.1) is 82.0 Å². The first-order valence-corrected chi connectivity index (χ1v) is 37.2. The molecule has 1 N–H and O–H groups in total. The van der Waals surface area contributed by atoms with Crippen LogP contribution in [-0.4, -0.2) is 305 Å². The zero-order valence-corrected chi connectivity index (χ0v) is 64.5. The van der Waals surface area contributed by atoms with Gasteiger partial charge in [-0.15, -0.1) is 58.8 Å². The fraction of sp³-hybridized carbons (Fsp3) is 0.864. The molecule has 0 spiro atoms. The van der Waals surface area contributed by atoms with Crippen LogP contribution in [0.5, 0.6) is 0 Å². The highest BCUT2D eigenvalue weighted by Gasteiger charge is 2.47. The van der Waals surface area contributed by atoms with E-state index in [1.807, 2.05) is 127 Å². The number of carbonyl (C=O) groups excluding carboxylic acids is 9. The molecule has 522 valence electrons. The fourth-order valence-electron chi connectivity index (χ4n) is 12.8. The molecule has 0 saturated carbocycles. The summed E-state index contributed by atoms with van der Waals surface area (Å²) in [5.41, 5.74) is 0. The maximum Gasteiger partial charge on any atom is 0.148 e. The molecule has 19 nitrogen and oxygen atoms in total. The van der Waals surface area contributed by atoms with Gasteiger partial charge in [-0.1, -0.05) is 6.42 Å². The molecule has 0 aromatic rings. The number of nitrogens with zero attached hydrogens (tertiary/aromatic N) is 9. The molecule has 0 radical (unpaired) electrons. The van der Waals surface area contributed by atoms with Crippen molar-refractivity contribution in [2.24, 2.45) is 0 Å². The van der Waals surface area contributed by atoms with Gasteiger partial charge in [0.1, 0.15) is 52.0 Å². The normalized spacial score (nSPS) is 32.6. The maximum atomic E-state index is 11.4. The summed E-state index contributed by atoms with van der Waals surface area (Å²) in [6.07, 6.45) is 7.13. The molecule has 9 fully saturated rings. The van der Waals surface area contributed by atoms with E-state index in [9.17, 15) is 43.2 Å². The summed E-state index contributed by atoms with van der Waals surface area (Å²) in [6, 6.07) is 1.33. The van der Waals surface area contributed by atoms with Gasteiger partial charge in [-0.25, -0.2) is 0 Å². The monoisotopic (exact) mass is 1360 g/mol. The molecule has 9 rings (SSSR count). The number of hydrogen-bond donors (Lipinski definition) is 1. The number of aliphatic hydroxyl groups is 1. The van der Waals surface area contributed by atoms with Crippen molar-refractivity contribution < 1.29 is 48.3 Å². The largest absolute Gasteiger partial charge is 0.392 e. The van der Waals surface area contributed by atoms with E-state index in [-0.39, 0.29) is 87.3 Å². The predicted octanol–water partition coefficient (Wildman–Crippen LogP) is 7.66. The number of piperidine rings is 1. The van der Waals surface area contributed by atoms with Gasteiger partial charge in [0.15, 0.2) is 0 Å². The van der Waals surface area contributed by atoms with Crippen molar-refractivity contribution in [3.63, 3.8) is 0 Å². The van der Waals surface area contributed by atoms with Gasteiger partial charge in [-0.2, -0.15) is 0 Å². The molecule has 9 saturated heterocycles. The van der Waals surface area contributed by atoms with E-state index >= 15 is 0 Å². The molecule has 9 aliphatic rings. The molecule has 4 unspecified atom stereocenters. The number of β-amino-alcohol motifs (C(OH)–C–C–N with tert-alkyl or cyclic N) is 1. The molecule has 0 aromatic carbocycles. The lowest BCUT2D eigenvalue weighted by Crippen LogP contribution is -2.48. The highest BCUT2D eigenvalue weighted by Crippen LogP contribution is 2.44. The molecule has 0 aliphatic carbocycles. The molecule has 0 bridgehead atoms. The highest BCUT2D eigenvalue weighted by atomic mass is 32.2. The van der Waals surface area contributed by atoms with Crippen LogP contribution in [0, 0.1) is 0 Å². The van der Waals surface area contributed by atoms with Crippen molar-refractivity contribution in [2.75, 3.05) is 113 Å². The van der Waals surface area contributed by atoms with E-state index in [2.05, 4.69) is 94.6 Å². The first kappa shape index (κ1) is 86.4. The van der Waals surface area contributed by atoms with Gasteiger partial charge in [-0.05, 0) is 233 Å². The predicted molar refractivity (Wildman–Crippen MR) is 381 cm³/mol. The number of thioether (sulfide) groups is 5. The summed E-state index contributed by atoms with van der Waals surface area (Å²) in [7, 11) is 18.0. The molecule has 9 aliphatic heterocycles. The smallest absolute Gasteiger partial charge is 0.148 e. The van der Waals surface area contributed by atoms with E-state index in [1.165, 1.54) is 19.3 Å². The molecule has 0 amide bonds. The Morgan fingerprint density at radius 2 is 0.711 bits per heavy atom. The second kappa shape index (κ2) is 40.8. The van der Waals surface area contributed by atoms with E-state index in [4.69, 9.17) is 5.11 Å². The van der Waals surface area contributed by atoms with E-state index < -0.39 is 0 Å². The lowest BCUT2D eigenvalue weighted by molar-refractivity contribution is -0.125. The van der Waals surface area contributed by atoms with Crippen molar-refractivity contribution in [3.05, 3.63) is 0 Å².